The molecule has 254 valence electrons. The van der Waals surface area contributed by atoms with Gasteiger partial charge in [-0.2, -0.15) is 0 Å². The zero-order valence-electron chi connectivity index (χ0n) is 29.4. The largest absolute Gasteiger partial charge is 0.489 e. The molecule has 0 aromatic heterocycles. The summed E-state index contributed by atoms with van der Waals surface area (Å²) in [4.78, 5) is 24.1. The van der Waals surface area contributed by atoms with Crippen molar-refractivity contribution in [3.63, 3.8) is 0 Å². The lowest BCUT2D eigenvalue weighted by Crippen LogP contribution is -2.29. The van der Waals surface area contributed by atoms with Crippen LogP contribution in [0.1, 0.15) is 74.9 Å². The minimum absolute atomic E-state index is 0.231. The van der Waals surface area contributed by atoms with Gasteiger partial charge in [0.1, 0.15) is 36.9 Å². The minimum Gasteiger partial charge on any atom is -0.489 e. The van der Waals surface area contributed by atoms with E-state index in [2.05, 4.69) is 99.8 Å². The van der Waals surface area contributed by atoms with Crippen LogP contribution in [0.5, 0.6) is 11.5 Å². The number of fused-ring (bicyclic) bond motifs is 3. The van der Waals surface area contributed by atoms with Crippen molar-refractivity contribution in [2.45, 2.75) is 72.0 Å². The Morgan fingerprint density at radius 3 is 1.39 bits per heavy atom. The number of carbonyl (C=O) groups excluding carboxylic acids is 2. The molecule has 49 heavy (non-hydrogen) atoms. The summed E-state index contributed by atoms with van der Waals surface area (Å²) in [6.45, 7) is 18.9. The van der Waals surface area contributed by atoms with Gasteiger partial charge in [-0.3, -0.25) is 0 Å². The minimum atomic E-state index is -0.604. The monoisotopic (exact) mass is 658 g/mol. The van der Waals surface area contributed by atoms with Gasteiger partial charge >= 0.3 is 11.9 Å². The van der Waals surface area contributed by atoms with Crippen molar-refractivity contribution in [2.75, 3.05) is 13.2 Å². The summed E-state index contributed by atoms with van der Waals surface area (Å²) in [6.07, 6.45) is 0.651. The third-order valence-electron chi connectivity index (χ3n) is 8.96. The Bertz CT molecular complexity index is 1750. The van der Waals surface area contributed by atoms with E-state index in [0.717, 1.165) is 46.6 Å². The van der Waals surface area contributed by atoms with Crippen LogP contribution in [0.3, 0.4) is 0 Å². The molecule has 2 atom stereocenters. The molecular weight excluding hydrogens is 612 g/mol. The molecule has 0 bridgehead atoms. The SMILES string of the molecule is C=C(C)C(=O)OC(C)COc1ccc(C2(c3ccc(OCC(C)OC(=O)C(=C)C)c(CC)c3)c3ccccc3-c3ccccc32)cc1CC. The summed E-state index contributed by atoms with van der Waals surface area (Å²) in [6, 6.07) is 30.2. The van der Waals surface area contributed by atoms with E-state index < -0.39 is 29.6 Å². The fourth-order valence-electron chi connectivity index (χ4n) is 6.53. The van der Waals surface area contributed by atoms with Gasteiger partial charge < -0.3 is 18.9 Å². The van der Waals surface area contributed by atoms with E-state index in [1.54, 1.807) is 13.8 Å². The van der Waals surface area contributed by atoms with Crippen molar-refractivity contribution in [1.82, 2.24) is 0 Å². The highest BCUT2D eigenvalue weighted by atomic mass is 16.6. The number of carbonyl (C=O) groups is 2. The number of hydrogen-bond acceptors (Lipinski definition) is 6. The molecule has 6 heteroatoms. The lowest BCUT2D eigenvalue weighted by Gasteiger charge is -2.35. The number of rotatable bonds is 14. The summed E-state index contributed by atoms with van der Waals surface area (Å²) in [5.74, 6) is 0.676. The van der Waals surface area contributed by atoms with Crippen molar-refractivity contribution in [3.05, 3.63) is 143 Å². The average Bonchev–Trinajstić information content (AvgIpc) is 3.40. The zero-order valence-corrected chi connectivity index (χ0v) is 29.4. The van der Waals surface area contributed by atoms with E-state index in [-0.39, 0.29) is 13.2 Å². The predicted molar refractivity (Wildman–Crippen MR) is 194 cm³/mol. The number of ether oxygens (including phenoxy) is 4. The normalized spacial score (nSPS) is 13.8. The number of hydrogen-bond donors (Lipinski definition) is 0. The summed E-state index contributed by atoms with van der Waals surface area (Å²) >= 11 is 0. The molecule has 4 aromatic rings. The first kappa shape index (κ1) is 35.2. The predicted octanol–water partition coefficient (Wildman–Crippen LogP) is 8.95. The van der Waals surface area contributed by atoms with Crippen LogP contribution in [-0.4, -0.2) is 37.4 Å². The molecule has 6 nitrogen and oxygen atoms in total. The molecule has 0 heterocycles. The van der Waals surface area contributed by atoms with Crippen molar-refractivity contribution in [3.8, 4) is 22.6 Å². The maximum Gasteiger partial charge on any atom is 0.333 e. The van der Waals surface area contributed by atoms with Crippen LogP contribution >= 0.6 is 0 Å². The Balaban J connectivity index is 1.58. The number of benzene rings is 4. The highest BCUT2D eigenvalue weighted by molar-refractivity contribution is 5.88. The number of esters is 2. The third kappa shape index (κ3) is 7.05. The molecule has 4 aromatic carbocycles. The van der Waals surface area contributed by atoms with E-state index >= 15 is 0 Å². The molecule has 2 unspecified atom stereocenters. The van der Waals surface area contributed by atoms with Gasteiger partial charge in [-0.15, -0.1) is 0 Å². The highest BCUT2D eigenvalue weighted by Gasteiger charge is 2.46. The van der Waals surface area contributed by atoms with Crippen molar-refractivity contribution in [2.24, 2.45) is 0 Å². The van der Waals surface area contributed by atoms with Gasteiger partial charge in [0.25, 0.3) is 0 Å². The molecule has 0 spiro atoms. The topological polar surface area (TPSA) is 71.1 Å². The average molecular weight is 659 g/mol. The van der Waals surface area contributed by atoms with Crippen LogP contribution in [0, 0.1) is 0 Å². The second kappa shape index (κ2) is 15.0. The molecule has 0 saturated heterocycles. The first-order valence-electron chi connectivity index (χ1n) is 17.0. The smallest absolute Gasteiger partial charge is 0.333 e. The van der Waals surface area contributed by atoms with Crippen LogP contribution in [0.2, 0.25) is 0 Å². The highest BCUT2D eigenvalue weighted by Crippen LogP contribution is 2.56. The van der Waals surface area contributed by atoms with Gasteiger partial charge in [0.2, 0.25) is 0 Å². The lowest BCUT2D eigenvalue weighted by molar-refractivity contribution is -0.145. The summed E-state index contributed by atoms with van der Waals surface area (Å²) in [5, 5.41) is 0. The Morgan fingerprint density at radius 1 is 0.633 bits per heavy atom. The van der Waals surface area contributed by atoms with Crippen LogP contribution in [0.15, 0.2) is 109 Å². The molecule has 5 rings (SSSR count). The van der Waals surface area contributed by atoms with Crippen LogP contribution in [0.4, 0.5) is 0 Å². The van der Waals surface area contributed by atoms with E-state index in [9.17, 15) is 9.59 Å². The molecule has 0 amide bonds. The summed E-state index contributed by atoms with van der Waals surface area (Å²) in [7, 11) is 0. The fraction of sp³-hybridized carbons (Fsp3) is 0.302. The van der Waals surface area contributed by atoms with Gasteiger partial charge in [-0.05, 0) is 97.2 Å². The zero-order chi connectivity index (χ0) is 35.3. The molecule has 0 saturated carbocycles. The van der Waals surface area contributed by atoms with E-state index in [1.165, 1.54) is 22.3 Å². The third-order valence-corrected chi connectivity index (χ3v) is 8.96. The molecule has 0 radical (unpaired) electrons. The second-order valence-electron chi connectivity index (χ2n) is 12.8. The lowest BCUT2D eigenvalue weighted by atomic mass is 9.67. The molecular formula is C43H46O6. The molecule has 0 N–H and O–H groups in total. The van der Waals surface area contributed by atoms with Crippen LogP contribution in [-0.2, 0) is 37.3 Å². The van der Waals surface area contributed by atoms with Crippen molar-refractivity contribution >= 4 is 11.9 Å². The first-order valence-corrected chi connectivity index (χ1v) is 17.0. The first-order chi connectivity index (χ1) is 23.5. The summed E-state index contributed by atoms with van der Waals surface area (Å²) in [5.41, 5.74) is 9.33. The Kier molecular flexibility index (Phi) is 10.8. The van der Waals surface area contributed by atoms with Crippen molar-refractivity contribution < 1.29 is 28.5 Å². The molecule has 1 aliphatic carbocycles. The van der Waals surface area contributed by atoms with Gasteiger partial charge in [0.15, 0.2) is 0 Å². The van der Waals surface area contributed by atoms with Gasteiger partial charge in [-0.1, -0.05) is 99.8 Å². The molecule has 0 aliphatic heterocycles. The van der Waals surface area contributed by atoms with Gasteiger partial charge in [0, 0.05) is 11.1 Å². The Hall–Kier alpha value is -5.10. The van der Waals surface area contributed by atoms with Gasteiger partial charge in [0.05, 0.1) is 5.41 Å². The number of aryl methyl sites for hydroxylation is 2. The van der Waals surface area contributed by atoms with Crippen molar-refractivity contribution in [1.29, 1.82) is 0 Å². The maximum absolute atomic E-state index is 12.0. The molecule has 0 fully saturated rings. The Morgan fingerprint density at radius 2 is 1.02 bits per heavy atom. The summed E-state index contributed by atoms with van der Waals surface area (Å²) < 4.78 is 23.4. The van der Waals surface area contributed by atoms with E-state index in [4.69, 9.17) is 18.9 Å². The Labute approximate surface area is 290 Å². The molecule has 1 aliphatic rings. The second-order valence-corrected chi connectivity index (χ2v) is 12.8. The maximum atomic E-state index is 12.0. The van der Waals surface area contributed by atoms with Gasteiger partial charge in [-0.25, -0.2) is 9.59 Å². The van der Waals surface area contributed by atoms with E-state index in [1.807, 2.05) is 26.0 Å². The standard InChI is InChI=1S/C43H46O6/c1-9-31-23-33(19-21-39(31)46-25-29(7)48-41(44)27(3)4)43(37-17-13-11-15-35(37)36-16-12-14-18-38(36)43)34-20-22-40(32(10-2)24-34)47-26-30(8)49-42(45)28(5)6/h11-24,29-30H,3,5,9-10,25-26H2,1-2,4,6-8H3. The fourth-order valence-corrected chi connectivity index (χ4v) is 6.53. The van der Waals surface area contributed by atoms with Crippen LogP contribution < -0.4 is 9.47 Å². The van der Waals surface area contributed by atoms with E-state index in [0.29, 0.717) is 11.1 Å². The quantitative estimate of drug-likeness (QED) is 0.0877. The van der Waals surface area contributed by atoms with Crippen LogP contribution in [0.25, 0.3) is 11.1 Å².